The van der Waals surface area contributed by atoms with Crippen LogP contribution in [0.15, 0.2) is 29.0 Å². The summed E-state index contributed by atoms with van der Waals surface area (Å²) < 4.78 is 0.712. The molecule has 0 atom stereocenters. The first-order valence-electron chi connectivity index (χ1n) is 5.75. The van der Waals surface area contributed by atoms with Gasteiger partial charge < -0.3 is 5.32 Å². The number of nitrogens with one attached hydrogen (secondary N) is 2. The fourth-order valence-electron chi connectivity index (χ4n) is 1.58. The predicted molar refractivity (Wildman–Crippen MR) is 76.2 cm³/mol. The van der Waals surface area contributed by atoms with E-state index in [0.717, 1.165) is 18.7 Å². The fourth-order valence-corrected chi connectivity index (χ4v) is 2.16. The summed E-state index contributed by atoms with van der Waals surface area (Å²) >= 11 is 9.34. The van der Waals surface area contributed by atoms with E-state index in [2.05, 4.69) is 36.4 Å². The largest absolute Gasteiger partial charge is 0.352 e. The summed E-state index contributed by atoms with van der Waals surface area (Å²) in [4.78, 5) is 15.9. The van der Waals surface area contributed by atoms with Gasteiger partial charge in [0.15, 0.2) is 0 Å². The number of amides is 1. The number of aromatic amines is 1. The first-order chi connectivity index (χ1) is 9.18. The lowest BCUT2D eigenvalue weighted by atomic mass is 10.2. The molecule has 0 saturated heterocycles. The van der Waals surface area contributed by atoms with Gasteiger partial charge in [0.05, 0.1) is 10.6 Å². The maximum atomic E-state index is 11.9. The molecule has 1 heterocycles. The van der Waals surface area contributed by atoms with Gasteiger partial charge in [-0.15, -0.1) is 0 Å². The molecule has 1 amide bonds. The zero-order chi connectivity index (χ0) is 13.7. The van der Waals surface area contributed by atoms with Gasteiger partial charge >= 0.3 is 0 Å². The lowest BCUT2D eigenvalue weighted by Gasteiger charge is -2.07. The molecule has 0 bridgehead atoms. The van der Waals surface area contributed by atoms with Crippen LogP contribution in [0, 0.1) is 0 Å². The molecule has 0 spiro atoms. The van der Waals surface area contributed by atoms with Crippen molar-refractivity contribution in [1.29, 1.82) is 0 Å². The zero-order valence-corrected chi connectivity index (χ0v) is 12.3. The number of nitrogens with zero attached hydrogens (tertiary/aromatic N) is 2. The van der Waals surface area contributed by atoms with Gasteiger partial charge in [0.1, 0.15) is 12.2 Å². The normalized spacial score (nSPS) is 10.4. The quantitative estimate of drug-likeness (QED) is 0.820. The topological polar surface area (TPSA) is 70.7 Å². The summed E-state index contributed by atoms with van der Waals surface area (Å²) in [6.07, 6.45) is 2.99. The molecule has 2 aromatic rings. The van der Waals surface area contributed by atoms with E-state index >= 15 is 0 Å². The Bertz CT molecular complexity index is 559. The third-order valence-electron chi connectivity index (χ3n) is 2.54. The molecule has 0 aliphatic carbocycles. The molecule has 2 N–H and O–H groups in total. The lowest BCUT2D eigenvalue weighted by molar-refractivity contribution is 0.0953. The summed E-state index contributed by atoms with van der Waals surface area (Å²) in [5, 5.41) is 9.78. The number of carbonyl (C=O) groups is 1. The van der Waals surface area contributed by atoms with Crippen molar-refractivity contribution in [3.05, 3.63) is 45.4 Å². The number of halogens is 2. The van der Waals surface area contributed by atoms with Gasteiger partial charge in [-0.3, -0.25) is 9.89 Å². The Morgan fingerprint density at radius 1 is 1.47 bits per heavy atom. The van der Waals surface area contributed by atoms with E-state index in [9.17, 15) is 4.79 Å². The minimum Gasteiger partial charge on any atom is -0.352 e. The Hall–Kier alpha value is -1.40. The highest BCUT2D eigenvalue weighted by molar-refractivity contribution is 9.10. The van der Waals surface area contributed by atoms with Crippen LogP contribution in [0.3, 0.4) is 0 Å². The van der Waals surface area contributed by atoms with Crippen molar-refractivity contribution in [2.75, 3.05) is 6.54 Å². The number of rotatable bonds is 5. The zero-order valence-electron chi connectivity index (χ0n) is 9.99. The number of aryl methyl sites for hydroxylation is 1. The molecule has 1 aromatic heterocycles. The highest BCUT2D eigenvalue weighted by Crippen LogP contribution is 2.25. The summed E-state index contributed by atoms with van der Waals surface area (Å²) in [5.74, 6) is 0.638. The van der Waals surface area contributed by atoms with Gasteiger partial charge in [0, 0.05) is 17.4 Å². The van der Waals surface area contributed by atoms with Crippen molar-refractivity contribution in [2.24, 2.45) is 0 Å². The molecule has 0 radical (unpaired) electrons. The van der Waals surface area contributed by atoms with E-state index in [4.69, 9.17) is 11.6 Å². The van der Waals surface area contributed by atoms with Crippen LogP contribution in [0.1, 0.15) is 22.6 Å². The monoisotopic (exact) mass is 342 g/mol. The van der Waals surface area contributed by atoms with Crippen molar-refractivity contribution in [1.82, 2.24) is 20.5 Å². The van der Waals surface area contributed by atoms with Gasteiger partial charge in [-0.25, -0.2) is 4.98 Å². The number of carbonyl (C=O) groups excluding carboxylic acids is 1. The number of benzene rings is 1. The van der Waals surface area contributed by atoms with Gasteiger partial charge in [-0.2, -0.15) is 5.10 Å². The summed E-state index contributed by atoms with van der Waals surface area (Å²) in [6, 6.07) is 5.27. The summed E-state index contributed by atoms with van der Waals surface area (Å²) in [5.41, 5.74) is 0.468. The first kappa shape index (κ1) is 14.0. The molecular weight excluding hydrogens is 332 g/mol. The number of H-pyrrole nitrogens is 1. The van der Waals surface area contributed by atoms with Gasteiger partial charge in [-0.1, -0.05) is 17.7 Å². The minimum atomic E-state index is -0.177. The van der Waals surface area contributed by atoms with Crippen molar-refractivity contribution in [2.45, 2.75) is 12.8 Å². The van der Waals surface area contributed by atoms with Gasteiger partial charge in [0.2, 0.25) is 0 Å². The molecule has 5 nitrogen and oxygen atoms in total. The second-order valence-electron chi connectivity index (χ2n) is 3.89. The molecule has 0 aliphatic rings. The minimum absolute atomic E-state index is 0.177. The van der Waals surface area contributed by atoms with Crippen molar-refractivity contribution in [3.8, 4) is 0 Å². The Morgan fingerprint density at radius 2 is 2.32 bits per heavy atom. The van der Waals surface area contributed by atoms with Crippen LogP contribution in [0.2, 0.25) is 5.02 Å². The molecule has 19 heavy (non-hydrogen) atoms. The molecule has 2 rings (SSSR count). The van der Waals surface area contributed by atoms with E-state index in [1.54, 1.807) is 18.2 Å². The second kappa shape index (κ2) is 6.68. The fraction of sp³-hybridized carbons (Fsp3) is 0.250. The van der Waals surface area contributed by atoms with Crippen molar-refractivity contribution in [3.63, 3.8) is 0 Å². The smallest absolute Gasteiger partial charge is 0.252 e. The molecule has 0 fully saturated rings. The van der Waals surface area contributed by atoms with Crippen molar-refractivity contribution < 1.29 is 4.79 Å². The molecule has 100 valence electrons. The Kier molecular flexibility index (Phi) is 4.93. The van der Waals surface area contributed by atoms with Gasteiger partial charge in [-0.05, 0) is 34.5 Å². The Balaban J connectivity index is 1.83. The van der Waals surface area contributed by atoms with Crippen LogP contribution in [-0.2, 0) is 6.42 Å². The number of hydrogen-bond donors (Lipinski definition) is 2. The van der Waals surface area contributed by atoms with Crippen LogP contribution < -0.4 is 5.32 Å². The van der Waals surface area contributed by atoms with E-state index < -0.39 is 0 Å². The highest BCUT2D eigenvalue weighted by Gasteiger charge is 2.11. The predicted octanol–water partition coefficient (Wildman–Crippen LogP) is 2.58. The molecule has 7 heteroatoms. The Labute approximate surface area is 123 Å². The van der Waals surface area contributed by atoms with Crippen LogP contribution in [0.5, 0.6) is 0 Å². The van der Waals surface area contributed by atoms with Crippen LogP contribution >= 0.6 is 27.5 Å². The number of hydrogen-bond acceptors (Lipinski definition) is 3. The van der Waals surface area contributed by atoms with Crippen LogP contribution in [0.4, 0.5) is 0 Å². The van der Waals surface area contributed by atoms with Gasteiger partial charge in [0.25, 0.3) is 5.91 Å². The van der Waals surface area contributed by atoms with Crippen molar-refractivity contribution >= 4 is 33.4 Å². The van der Waals surface area contributed by atoms with E-state index in [1.165, 1.54) is 6.33 Å². The average Bonchev–Trinajstić information content (AvgIpc) is 2.91. The first-order valence-corrected chi connectivity index (χ1v) is 6.92. The van der Waals surface area contributed by atoms with E-state index in [-0.39, 0.29) is 5.91 Å². The highest BCUT2D eigenvalue weighted by atomic mass is 79.9. The molecular formula is C12H12BrClN4O. The number of aromatic nitrogens is 3. The second-order valence-corrected chi connectivity index (χ2v) is 5.13. The third kappa shape index (κ3) is 3.78. The van der Waals surface area contributed by atoms with E-state index in [0.29, 0.717) is 21.6 Å². The maximum Gasteiger partial charge on any atom is 0.252 e. The molecule has 1 aromatic carbocycles. The standard InChI is InChI=1S/C12H12BrClN4O/c13-9-4-1-3-8(11(9)14)12(19)15-6-2-5-10-16-7-17-18-10/h1,3-4,7H,2,5-6H2,(H,15,19)(H,16,17,18). The van der Waals surface area contributed by atoms with Crippen LogP contribution in [0.25, 0.3) is 0 Å². The maximum absolute atomic E-state index is 11.9. The summed E-state index contributed by atoms with van der Waals surface area (Å²) in [7, 11) is 0. The lowest BCUT2D eigenvalue weighted by Crippen LogP contribution is -2.25. The molecule has 0 aliphatic heterocycles. The SMILES string of the molecule is O=C(NCCCc1ncn[nH]1)c1cccc(Br)c1Cl. The molecule has 0 unspecified atom stereocenters. The summed E-state index contributed by atoms with van der Waals surface area (Å²) in [6.45, 7) is 0.558. The Morgan fingerprint density at radius 3 is 3.05 bits per heavy atom. The molecule has 0 saturated carbocycles. The average molecular weight is 344 g/mol. The van der Waals surface area contributed by atoms with E-state index in [1.807, 2.05) is 0 Å². The third-order valence-corrected chi connectivity index (χ3v) is 3.83. The van der Waals surface area contributed by atoms with Crippen LogP contribution in [-0.4, -0.2) is 27.6 Å².